The van der Waals surface area contributed by atoms with E-state index in [1.165, 1.54) is 0 Å². The zero-order valence-electron chi connectivity index (χ0n) is 17.7. The van der Waals surface area contributed by atoms with Crippen LogP contribution in [0, 0.1) is 22.7 Å². The van der Waals surface area contributed by atoms with Crippen LogP contribution in [0.1, 0.15) is 81.1 Å². The highest BCUT2D eigenvalue weighted by Crippen LogP contribution is 2.31. The first-order valence-electron chi connectivity index (χ1n) is 9.41. The average Bonchev–Trinajstić information content (AvgIpc) is 2.32. The summed E-state index contributed by atoms with van der Waals surface area (Å²) in [5, 5.41) is 0. The minimum Gasteiger partial charge on any atom is -0.203 e. The molecule has 0 aromatic heterocycles. The Balaban J connectivity index is 5.04. The molecule has 0 radical (unpaired) electrons. The van der Waals surface area contributed by atoms with Gasteiger partial charge in [-0.15, -0.1) is 0 Å². The Labute approximate surface area is 158 Å². The van der Waals surface area contributed by atoms with E-state index >= 15 is 0 Å². The van der Waals surface area contributed by atoms with Crippen molar-refractivity contribution < 1.29 is 21.6 Å². The normalized spacial score (nSPS) is 16.8. The molecule has 0 heterocycles. The van der Waals surface area contributed by atoms with E-state index in [0.717, 1.165) is 12.8 Å². The zero-order chi connectivity index (χ0) is 21.0. The van der Waals surface area contributed by atoms with Gasteiger partial charge in [0.05, 0.1) is 0 Å². The van der Waals surface area contributed by atoms with Gasteiger partial charge in [-0.1, -0.05) is 55.4 Å². The van der Waals surface area contributed by atoms with Gasteiger partial charge in [-0.05, 0) is 48.3 Å². The highest BCUT2D eigenvalue weighted by molar-refractivity contribution is 7.90. The Kier molecular flexibility index (Phi) is 9.16. The average molecular weight is 402 g/mol. The molecule has 2 atom stereocenters. The topological polar surface area (TPSA) is 37.4 Å². The minimum absolute atomic E-state index is 0.0639. The molecule has 0 saturated heterocycles. The van der Waals surface area contributed by atoms with Crippen LogP contribution in [-0.2, 0) is 10.0 Å². The Bertz CT molecular complexity index is 490. The molecule has 0 N–H and O–H groups in total. The van der Waals surface area contributed by atoms with Crippen molar-refractivity contribution >= 4 is 10.0 Å². The van der Waals surface area contributed by atoms with Crippen LogP contribution in [0.5, 0.6) is 0 Å². The van der Waals surface area contributed by atoms with Crippen LogP contribution < -0.4 is 0 Å². The lowest BCUT2D eigenvalue weighted by atomic mass is 9.84. The molecule has 3 nitrogen and oxygen atoms in total. The second kappa shape index (κ2) is 9.26. The Morgan fingerprint density at radius 3 is 1.31 bits per heavy atom. The zero-order valence-corrected chi connectivity index (χ0v) is 18.5. The lowest BCUT2D eigenvalue weighted by Crippen LogP contribution is -2.42. The Hall–Kier alpha value is -0.300. The fourth-order valence-corrected chi connectivity index (χ4v) is 4.51. The molecule has 0 fully saturated rings. The molecule has 0 aromatic rings. The maximum absolute atomic E-state index is 13.0. The first-order valence-corrected chi connectivity index (χ1v) is 10.9. The smallest absolute Gasteiger partial charge is 0.203 e. The molecule has 0 saturated carbocycles. The van der Waals surface area contributed by atoms with Gasteiger partial charge in [0, 0.05) is 13.1 Å². The third-order valence-corrected chi connectivity index (χ3v) is 5.93. The van der Waals surface area contributed by atoms with E-state index in [4.69, 9.17) is 0 Å². The van der Waals surface area contributed by atoms with Crippen molar-refractivity contribution in [3.63, 3.8) is 0 Å². The van der Waals surface area contributed by atoms with Gasteiger partial charge in [0.2, 0.25) is 0 Å². The van der Waals surface area contributed by atoms with Gasteiger partial charge in [-0.2, -0.15) is 17.5 Å². The number of nitrogens with zero attached hydrogens (tertiary/aromatic N) is 1. The summed E-state index contributed by atoms with van der Waals surface area (Å²) in [6.45, 7) is 16.2. The van der Waals surface area contributed by atoms with Crippen molar-refractivity contribution in [2.24, 2.45) is 22.7 Å². The molecular weight excluding hydrogens is 363 g/mol. The lowest BCUT2D eigenvalue weighted by molar-refractivity contribution is -0.0491. The highest BCUT2D eigenvalue weighted by Gasteiger charge is 2.49. The quantitative estimate of drug-likeness (QED) is 0.471. The Morgan fingerprint density at radius 1 is 0.769 bits per heavy atom. The van der Waals surface area contributed by atoms with Gasteiger partial charge in [-0.3, -0.25) is 0 Å². The van der Waals surface area contributed by atoms with Gasteiger partial charge in [-0.25, -0.2) is 8.42 Å². The van der Waals surface area contributed by atoms with Crippen LogP contribution >= 0.6 is 0 Å². The molecule has 0 unspecified atom stereocenters. The molecule has 0 aromatic carbocycles. The summed E-state index contributed by atoms with van der Waals surface area (Å²) in [5.41, 5.74) is -5.11. The van der Waals surface area contributed by atoms with E-state index < -0.39 is 15.5 Å². The standard InChI is InChI=1S/C19H38F3NO2S/c1-15(13-17(3,4)5)9-11-23(26(24,25)19(20,21)22)12-10-16(2)14-18(6,7)8/h15-16H,9-14H2,1-8H3/t15-,16+. The molecule has 0 aliphatic heterocycles. The summed E-state index contributed by atoms with van der Waals surface area (Å²) < 4.78 is 63.7. The molecule has 0 amide bonds. The number of rotatable bonds is 9. The first-order chi connectivity index (χ1) is 11.3. The number of alkyl halides is 3. The van der Waals surface area contributed by atoms with E-state index in [-0.39, 0.29) is 35.8 Å². The van der Waals surface area contributed by atoms with Crippen LogP contribution in [0.15, 0.2) is 0 Å². The van der Waals surface area contributed by atoms with E-state index in [2.05, 4.69) is 41.5 Å². The van der Waals surface area contributed by atoms with E-state index in [1.807, 2.05) is 13.8 Å². The van der Waals surface area contributed by atoms with Gasteiger partial charge < -0.3 is 0 Å². The Morgan fingerprint density at radius 2 is 1.08 bits per heavy atom. The molecule has 0 spiro atoms. The van der Waals surface area contributed by atoms with E-state index in [1.54, 1.807) is 0 Å². The molecule has 0 bridgehead atoms. The van der Waals surface area contributed by atoms with Crippen LogP contribution in [0.3, 0.4) is 0 Å². The highest BCUT2D eigenvalue weighted by atomic mass is 32.2. The van der Waals surface area contributed by atoms with Crippen molar-refractivity contribution in [1.82, 2.24) is 4.31 Å². The van der Waals surface area contributed by atoms with E-state index in [9.17, 15) is 21.6 Å². The second-order valence-corrected chi connectivity index (χ2v) is 12.1. The summed E-state index contributed by atoms with van der Waals surface area (Å²) in [7, 11) is -5.28. The molecule has 0 rings (SSSR count). The van der Waals surface area contributed by atoms with Gasteiger partial charge in [0.25, 0.3) is 0 Å². The fourth-order valence-electron chi connectivity index (χ4n) is 3.52. The van der Waals surface area contributed by atoms with Gasteiger partial charge in [0.1, 0.15) is 0 Å². The summed E-state index contributed by atoms with van der Waals surface area (Å²) in [5.74, 6) is 0.320. The number of hydrogen-bond donors (Lipinski definition) is 0. The maximum Gasteiger partial charge on any atom is 0.511 e. The predicted molar refractivity (Wildman–Crippen MR) is 102 cm³/mol. The summed E-state index contributed by atoms with van der Waals surface area (Å²) in [6.07, 6.45) is 2.54. The molecule has 0 aliphatic rings. The lowest BCUT2D eigenvalue weighted by Gasteiger charge is -2.29. The van der Waals surface area contributed by atoms with Gasteiger partial charge in [0.15, 0.2) is 0 Å². The van der Waals surface area contributed by atoms with Gasteiger partial charge >= 0.3 is 15.5 Å². The minimum atomic E-state index is -5.28. The third kappa shape index (κ3) is 10.1. The predicted octanol–water partition coefficient (Wildman–Crippen LogP) is 6.06. The van der Waals surface area contributed by atoms with Crippen molar-refractivity contribution in [2.75, 3.05) is 13.1 Å². The van der Waals surface area contributed by atoms with Crippen molar-refractivity contribution in [3.8, 4) is 0 Å². The van der Waals surface area contributed by atoms with E-state index in [0.29, 0.717) is 17.1 Å². The first kappa shape index (κ1) is 25.7. The monoisotopic (exact) mass is 401 g/mol. The molecule has 26 heavy (non-hydrogen) atoms. The van der Waals surface area contributed by atoms with Crippen LogP contribution in [0.25, 0.3) is 0 Å². The molecule has 0 aliphatic carbocycles. The summed E-state index contributed by atoms with van der Waals surface area (Å²) in [4.78, 5) is 0. The molecule has 158 valence electrons. The molecule has 7 heteroatoms. The summed E-state index contributed by atoms with van der Waals surface area (Å²) in [6, 6.07) is 0. The number of sulfonamides is 1. The number of halogens is 3. The fraction of sp³-hybridized carbons (Fsp3) is 1.00. The second-order valence-electron chi connectivity index (χ2n) is 10.2. The SMILES string of the molecule is C[C@H](CCN(CC[C@H](C)CC(C)(C)C)S(=O)(=O)C(F)(F)F)CC(C)(C)C. The third-order valence-electron chi connectivity index (χ3n) is 4.30. The van der Waals surface area contributed by atoms with Crippen molar-refractivity contribution in [3.05, 3.63) is 0 Å². The summed E-state index contributed by atoms with van der Waals surface area (Å²) >= 11 is 0. The molecular formula is C19H38F3NO2S. The van der Waals surface area contributed by atoms with Crippen LogP contribution in [0.4, 0.5) is 13.2 Å². The van der Waals surface area contributed by atoms with Crippen LogP contribution in [-0.4, -0.2) is 31.3 Å². The number of hydrogen-bond acceptors (Lipinski definition) is 2. The van der Waals surface area contributed by atoms with Crippen LogP contribution in [0.2, 0.25) is 0 Å². The maximum atomic E-state index is 13.0. The largest absolute Gasteiger partial charge is 0.511 e. The van der Waals surface area contributed by atoms with Crippen molar-refractivity contribution in [1.29, 1.82) is 0 Å². The van der Waals surface area contributed by atoms with Crippen molar-refractivity contribution in [2.45, 2.75) is 86.6 Å².